The molecule has 21 heavy (non-hydrogen) atoms. The summed E-state index contributed by atoms with van der Waals surface area (Å²) in [4.78, 5) is 12.3. The maximum Gasteiger partial charge on any atom is 0.228 e. The van der Waals surface area contributed by atoms with E-state index in [0.717, 1.165) is 6.42 Å². The molecule has 1 N–H and O–H groups in total. The van der Waals surface area contributed by atoms with Crippen molar-refractivity contribution in [3.05, 3.63) is 63.1 Å². The van der Waals surface area contributed by atoms with E-state index in [2.05, 4.69) is 5.32 Å². The van der Waals surface area contributed by atoms with Crippen LogP contribution in [0, 0.1) is 5.92 Å². The predicted molar refractivity (Wildman–Crippen MR) is 87.4 cm³/mol. The van der Waals surface area contributed by atoms with Gasteiger partial charge in [0.2, 0.25) is 5.91 Å². The van der Waals surface area contributed by atoms with Gasteiger partial charge in [-0.2, -0.15) is 0 Å². The van der Waals surface area contributed by atoms with Crippen LogP contribution in [0.4, 0.5) is 5.69 Å². The van der Waals surface area contributed by atoms with Crippen LogP contribution in [0.2, 0.25) is 15.1 Å². The average Bonchev–Trinajstić information content (AvgIpc) is 3.26. The van der Waals surface area contributed by atoms with Crippen molar-refractivity contribution in [2.24, 2.45) is 5.92 Å². The van der Waals surface area contributed by atoms with Gasteiger partial charge in [0.25, 0.3) is 0 Å². The SMILES string of the molecule is O=C(Nc1cc(Cl)c(Cl)cc1Cl)C1CC1c1ccccc1. The fourth-order valence-corrected chi connectivity index (χ4v) is 2.99. The number of carbonyl (C=O) groups excluding carboxylic acids is 1. The number of nitrogens with one attached hydrogen (secondary N) is 1. The Morgan fingerprint density at radius 3 is 2.38 bits per heavy atom. The Labute approximate surface area is 138 Å². The Kier molecular flexibility index (Phi) is 4.12. The Bertz CT molecular complexity index is 687. The lowest BCUT2D eigenvalue weighted by atomic mass is 10.1. The Balaban J connectivity index is 1.70. The highest BCUT2D eigenvalue weighted by Gasteiger charge is 2.43. The van der Waals surface area contributed by atoms with E-state index in [-0.39, 0.29) is 17.7 Å². The van der Waals surface area contributed by atoms with Crippen LogP contribution in [0.3, 0.4) is 0 Å². The van der Waals surface area contributed by atoms with Crippen molar-refractivity contribution in [1.29, 1.82) is 0 Å². The molecule has 5 heteroatoms. The van der Waals surface area contributed by atoms with Crippen molar-refractivity contribution in [3.8, 4) is 0 Å². The Morgan fingerprint density at radius 1 is 1.00 bits per heavy atom. The average molecular weight is 341 g/mol. The fourth-order valence-electron chi connectivity index (χ4n) is 2.40. The summed E-state index contributed by atoms with van der Waals surface area (Å²) in [5.74, 6) is 0.231. The summed E-state index contributed by atoms with van der Waals surface area (Å²) in [5.41, 5.74) is 1.69. The molecular weight excluding hydrogens is 329 g/mol. The lowest BCUT2D eigenvalue weighted by Gasteiger charge is -2.08. The highest BCUT2D eigenvalue weighted by molar-refractivity contribution is 6.44. The van der Waals surface area contributed by atoms with Gasteiger partial charge in [-0.05, 0) is 30.0 Å². The highest BCUT2D eigenvalue weighted by atomic mass is 35.5. The molecule has 0 spiro atoms. The third-order valence-corrected chi connectivity index (χ3v) is 4.66. The van der Waals surface area contributed by atoms with Crippen molar-refractivity contribution in [3.63, 3.8) is 0 Å². The van der Waals surface area contributed by atoms with E-state index in [1.54, 1.807) is 6.07 Å². The Morgan fingerprint density at radius 2 is 1.67 bits per heavy atom. The number of carbonyl (C=O) groups is 1. The number of hydrogen-bond donors (Lipinski definition) is 1. The lowest BCUT2D eigenvalue weighted by molar-refractivity contribution is -0.117. The van der Waals surface area contributed by atoms with Gasteiger partial charge in [-0.1, -0.05) is 65.1 Å². The first kappa shape index (κ1) is 14.7. The predicted octanol–water partition coefficient (Wildman–Crippen LogP) is 5.39. The van der Waals surface area contributed by atoms with E-state index < -0.39 is 0 Å². The first-order valence-electron chi connectivity index (χ1n) is 6.56. The molecule has 0 heterocycles. The van der Waals surface area contributed by atoms with Crippen molar-refractivity contribution >= 4 is 46.4 Å². The van der Waals surface area contributed by atoms with Crippen molar-refractivity contribution in [2.45, 2.75) is 12.3 Å². The van der Waals surface area contributed by atoms with Crippen LogP contribution < -0.4 is 5.32 Å². The summed E-state index contributed by atoms with van der Waals surface area (Å²) < 4.78 is 0. The smallest absolute Gasteiger partial charge is 0.228 e. The molecule has 2 nitrogen and oxygen atoms in total. The first-order valence-corrected chi connectivity index (χ1v) is 7.70. The van der Waals surface area contributed by atoms with Crippen LogP contribution in [-0.2, 0) is 4.79 Å². The van der Waals surface area contributed by atoms with Gasteiger partial charge in [-0.15, -0.1) is 0 Å². The fraction of sp³-hybridized carbons (Fsp3) is 0.188. The van der Waals surface area contributed by atoms with E-state index in [1.807, 2.05) is 30.3 Å². The van der Waals surface area contributed by atoms with Gasteiger partial charge in [0.15, 0.2) is 0 Å². The molecule has 0 aromatic heterocycles. The van der Waals surface area contributed by atoms with Crippen LogP contribution >= 0.6 is 34.8 Å². The molecule has 1 aliphatic carbocycles. The minimum Gasteiger partial charge on any atom is -0.324 e. The standard InChI is InChI=1S/C16H12Cl3NO/c17-12-7-14(19)15(8-13(12)18)20-16(21)11-6-10(11)9-4-2-1-3-5-9/h1-5,7-8,10-11H,6H2,(H,20,21). The number of halogens is 3. The molecule has 0 aliphatic heterocycles. The van der Waals surface area contributed by atoms with Gasteiger partial charge in [-0.3, -0.25) is 4.79 Å². The zero-order chi connectivity index (χ0) is 15.0. The van der Waals surface area contributed by atoms with Gasteiger partial charge < -0.3 is 5.32 Å². The van der Waals surface area contributed by atoms with Gasteiger partial charge in [0.05, 0.1) is 20.8 Å². The third-order valence-electron chi connectivity index (χ3n) is 3.62. The molecule has 1 aliphatic rings. The van der Waals surface area contributed by atoms with Crippen LogP contribution in [0.15, 0.2) is 42.5 Å². The van der Waals surface area contributed by atoms with Gasteiger partial charge in [-0.25, -0.2) is 0 Å². The molecule has 0 saturated heterocycles. The number of hydrogen-bond acceptors (Lipinski definition) is 1. The maximum absolute atomic E-state index is 12.3. The van der Waals surface area contributed by atoms with Crippen molar-refractivity contribution in [1.82, 2.24) is 0 Å². The summed E-state index contributed by atoms with van der Waals surface area (Å²) in [6, 6.07) is 13.1. The summed E-state index contributed by atoms with van der Waals surface area (Å²) >= 11 is 17.9. The second-order valence-electron chi connectivity index (χ2n) is 5.09. The largest absolute Gasteiger partial charge is 0.324 e. The summed E-state index contributed by atoms with van der Waals surface area (Å²) in [5, 5.41) is 3.95. The molecule has 3 rings (SSSR count). The molecule has 2 atom stereocenters. The molecule has 1 amide bonds. The zero-order valence-electron chi connectivity index (χ0n) is 10.9. The topological polar surface area (TPSA) is 29.1 Å². The van der Waals surface area contributed by atoms with Crippen LogP contribution in [0.25, 0.3) is 0 Å². The quantitative estimate of drug-likeness (QED) is 0.746. The minimum absolute atomic E-state index is 0.0158. The summed E-state index contributed by atoms with van der Waals surface area (Å²) in [7, 11) is 0. The lowest BCUT2D eigenvalue weighted by Crippen LogP contribution is -2.14. The second-order valence-corrected chi connectivity index (χ2v) is 6.32. The molecule has 0 radical (unpaired) electrons. The Hall–Kier alpha value is -1.22. The highest BCUT2D eigenvalue weighted by Crippen LogP contribution is 2.48. The van der Waals surface area contributed by atoms with E-state index in [4.69, 9.17) is 34.8 Å². The molecule has 2 unspecified atom stereocenters. The van der Waals surface area contributed by atoms with E-state index in [0.29, 0.717) is 20.8 Å². The zero-order valence-corrected chi connectivity index (χ0v) is 13.2. The van der Waals surface area contributed by atoms with E-state index >= 15 is 0 Å². The van der Waals surface area contributed by atoms with Gasteiger partial charge >= 0.3 is 0 Å². The summed E-state index contributed by atoms with van der Waals surface area (Å²) in [6.07, 6.45) is 0.856. The van der Waals surface area contributed by atoms with Crippen LogP contribution in [0.5, 0.6) is 0 Å². The molecule has 0 bridgehead atoms. The summed E-state index contributed by atoms with van der Waals surface area (Å²) in [6.45, 7) is 0. The number of benzene rings is 2. The molecule has 1 saturated carbocycles. The monoisotopic (exact) mass is 339 g/mol. The maximum atomic E-state index is 12.3. The number of amides is 1. The van der Waals surface area contributed by atoms with Crippen LogP contribution in [0.1, 0.15) is 17.9 Å². The molecular formula is C16H12Cl3NO. The second kappa shape index (κ2) is 5.88. The van der Waals surface area contributed by atoms with E-state index in [9.17, 15) is 4.79 Å². The van der Waals surface area contributed by atoms with E-state index in [1.165, 1.54) is 11.6 Å². The van der Waals surface area contributed by atoms with Crippen LogP contribution in [-0.4, -0.2) is 5.91 Å². The first-order chi connectivity index (χ1) is 10.1. The van der Waals surface area contributed by atoms with Crippen molar-refractivity contribution < 1.29 is 4.79 Å². The van der Waals surface area contributed by atoms with Gasteiger partial charge in [0.1, 0.15) is 0 Å². The van der Waals surface area contributed by atoms with Gasteiger partial charge in [0, 0.05) is 5.92 Å². The minimum atomic E-state index is -0.0378. The number of anilines is 1. The third kappa shape index (κ3) is 3.18. The van der Waals surface area contributed by atoms with Crippen molar-refractivity contribution in [2.75, 3.05) is 5.32 Å². The normalized spacial score (nSPS) is 20.1. The number of rotatable bonds is 3. The molecule has 2 aromatic carbocycles. The molecule has 2 aromatic rings. The molecule has 108 valence electrons. The molecule has 1 fully saturated rings.